The molecule has 1 aliphatic carbocycles. The SMILES string of the molecule is COc1cc2nccc(OC3CCC(NC=O)CC3)c2cc1OC. The predicted octanol–water partition coefficient (Wildman–Crippen LogP) is 2.69. The quantitative estimate of drug-likeness (QED) is 0.825. The highest BCUT2D eigenvalue weighted by Crippen LogP contribution is 2.36. The molecule has 128 valence electrons. The Labute approximate surface area is 141 Å². The molecule has 3 rings (SSSR count). The average molecular weight is 330 g/mol. The van der Waals surface area contributed by atoms with Gasteiger partial charge in [0.05, 0.1) is 25.8 Å². The fourth-order valence-corrected chi connectivity index (χ4v) is 3.17. The lowest BCUT2D eigenvalue weighted by Crippen LogP contribution is -2.35. The number of hydrogen-bond donors (Lipinski definition) is 1. The topological polar surface area (TPSA) is 69.7 Å². The van der Waals surface area contributed by atoms with E-state index in [0.29, 0.717) is 11.5 Å². The molecule has 2 aromatic rings. The molecular weight excluding hydrogens is 308 g/mol. The van der Waals surface area contributed by atoms with Gasteiger partial charge >= 0.3 is 0 Å². The first kappa shape index (κ1) is 16.4. The van der Waals surface area contributed by atoms with Gasteiger partial charge in [0.15, 0.2) is 11.5 Å². The lowest BCUT2D eigenvalue weighted by molar-refractivity contribution is -0.110. The van der Waals surface area contributed by atoms with Crippen LogP contribution in [0.25, 0.3) is 10.9 Å². The number of rotatable bonds is 6. The molecule has 1 N–H and O–H groups in total. The molecule has 24 heavy (non-hydrogen) atoms. The molecule has 1 aliphatic rings. The molecule has 1 heterocycles. The van der Waals surface area contributed by atoms with Gasteiger partial charge in [0.25, 0.3) is 0 Å². The minimum atomic E-state index is 0.147. The Bertz CT molecular complexity index is 711. The Morgan fingerprint density at radius 2 is 1.79 bits per heavy atom. The third-order valence-electron chi connectivity index (χ3n) is 4.48. The summed E-state index contributed by atoms with van der Waals surface area (Å²) in [5, 5.41) is 3.76. The van der Waals surface area contributed by atoms with Gasteiger partial charge in [-0.05, 0) is 37.8 Å². The van der Waals surface area contributed by atoms with Crippen LogP contribution < -0.4 is 19.5 Å². The smallest absolute Gasteiger partial charge is 0.207 e. The molecule has 0 bridgehead atoms. The van der Waals surface area contributed by atoms with Crippen molar-refractivity contribution in [3.63, 3.8) is 0 Å². The maximum Gasteiger partial charge on any atom is 0.207 e. The van der Waals surface area contributed by atoms with Crippen molar-refractivity contribution >= 4 is 17.3 Å². The number of fused-ring (bicyclic) bond motifs is 1. The number of ether oxygens (including phenoxy) is 3. The van der Waals surface area contributed by atoms with Gasteiger partial charge in [-0.25, -0.2) is 0 Å². The average Bonchev–Trinajstić information content (AvgIpc) is 2.62. The largest absolute Gasteiger partial charge is 0.493 e. The van der Waals surface area contributed by atoms with Crippen LogP contribution in [0, 0.1) is 0 Å². The van der Waals surface area contributed by atoms with Gasteiger partial charge in [-0.3, -0.25) is 9.78 Å². The maximum absolute atomic E-state index is 10.5. The summed E-state index contributed by atoms with van der Waals surface area (Å²) >= 11 is 0. The molecule has 0 aliphatic heterocycles. The van der Waals surface area contributed by atoms with Gasteiger partial charge in [0.2, 0.25) is 6.41 Å². The van der Waals surface area contributed by atoms with Crippen molar-refractivity contribution in [1.29, 1.82) is 0 Å². The Hall–Kier alpha value is -2.50. The summed E-state index contributed by atoms with van der Waals surface area (Å²) in [6, 6.07) is 5.90. The summed E-state index contributed by atoms with van der Waals surface area (Å²) in [7, 11) is 3.22. The van der Waals surface area contributed by atoms with E-state index >= 15 is 0 Å². The number of amides is 1. The highest BCUT2D eigenvalue weighted by molar-refractivity contribution is 5.88. The molecule has 1 aromatic carbocycles. The van der Waals surface area contributed by atoms with Crippen molar-refractivity contribution < 1.29 is 19.0 Å². The number of nitrogens with zero attached hydrogens (tertiary/aromatic N) is 1. The highest BCUT2D eigenvalue weighted by Gasteiger charge is 2.22. The molecule has 1 saturated carbocycles. The summed E-state index contributed by atoms with van der Waals surface area (Å²) in [5.41, 5.74) is 0.807. The Morgan fingerprint density at radius 1 is 1.08 bits per heavy atom. The summed E-state index contributed by atoms with van der Waals surface area (Å²) in [6.45, 7) is 0. The van der Waals surface area contributed by atoms with Crippen LogP contribution in [0.3, 0.4) is 0 Å². The number of hydrogen-bond acceptors (Lipinski definition) is 5. The van der Waals surface area contributed by atoms with E-state index in [1.165, 1.54) is 0 Å². The Balaban J connectivity index is 1.81. The molecule has 1 fully saturated rings. The monoisotopic (exact) mass is 330 g/mol. The molecule has 0 spiro atoms. The molecule has 6 nitrogen and oxygen atoms in total. The van der Waals surface area contributed by atoms with Gasteiger partial charge in [-0.15, -0.1) is 0 Å². The maximum atomic E-state index is 10.5. The van der Waals surface area contributed by atoms with Crippen LogP contribution >= 0.6 is 0 Å². The second kappa shape index (κ2) is 7.38. The van der Waals surface area contributed by atoms with Crippen LogP contribution in [-0.4, -0.2) is 37.8 Å². The molecular formula is C18H22N2O4. The third-order valence-corrected chi connectivity index (χ3v) is 4.48. The van der Waals surface area contributed by atoms with E-state index < -0.39 is 0 Å². The summed E-state index contributed by atoms with van der Waals surface area (Å²) < 4.78 is 16.9. The third kappa shape index (κ3) is 3.37. The van der Waals surface area contributed by atoms with Gasteiger partial charge in [-0.2, -0.15) is 0 Å². The molecule has 0 atom stereocenters. The van der Waals surface area contributed by atoms with Crippen LogP contribution in [0.1, 0.15) is 25.7 Å². The van der Waals surface area contributed by atoms with E-state index in [1.807, 2.05) is 18.2 Å². The number of benzene rings is 1. The number of carbonyl (C=O) groups is 1. The van der Waals surface area contributed by atoms with Crippen molar-refractivity contribution in [2.24, 2.45) is 0 Å². The van der Waals surface area contributed by atoms with Crippen molar-refractivity contribution in [2.75, 3.05) is 14.2 Å². The Morgan fingerprint density at radius 3 is 2.46 bits per heavy atom. The van der Waals surface area contributed by atoms with Crippen LogP contribution in [0.4, 0.5) is 0 Å². The highest BCUT2D eigenvalue weighted by atomic mass is 16.5. The minimum Gasteiger partial charge on any atom is -0.493 e. The lowest BCUT2D eigenvalue weighted by atomic mass is 9.93. The van der Waals surface area contributed by atoms with Gasteiger partial charge in [0.1, 0.15) is 5.75 Å². The normalized spacial score (nSPS) is 20.4. The fraction of sp³-hybridized carbons (Fsp3) is 0.444. The molecule has 1 amide bonds. The van der Waals surface area contributed by atoms with E-state index in [4.69, 9.17) is 14.2 Å². The summed E-state index contributed by atoms with van der Waals surface area (Å²) in [5.74, 6) is 2.10. The van der Waals surface area contributed by atoms with Crippen LogP contribution in [0.2, 0.25) is 0 Å². The predicted molar refractivity (Wildman–Crippen MR) is 90.7 cm³/mol. The first-order valence-electron chi connectivity index (χ1n) is 8.12. The molecule has 0 radical (unpaired) electrons. The molecule has 0 saturated heterocycles. The second-order valence-corrected chi connectivity index (χ2v) is 5.91. The van der Waals surface area contributed by atoms with E-state index in [1.54, 1.807) is 20.4 Å². The summed E-state index contributed by atoms with van der Waals surface area (Å²) in [6.07, 6.45) is 6.37. The van der Waals surface area contributed by atoms with Crippen molar-refractivity contribution in [3.8, 4) is 17.2 Å². The number of aromatic nitrogens is 1. The van der Waals surface area contributed by atoms with Crippen LogP contribution in [0.5, 0.6) is 17.2 Å². The van der Waals surface area contributed by atoms with E-state index in [9.17, 15) is 4.79 Å². The van der Waals surface area contributed by atoms with E-state index in [2.05, 4.69) is 10.3 Å². The number of pyridine rings is 1. The van der Waals surface area contributed by atoms with Crippen molar-refractivity contribution in [2.45, 2.75) is 37.8 Å². The van der Waals surface area contributed by atoms with E-state index in [0.717, 1.165) is 48.7 Å². The standard InChI is InChI=1S/C18H22N2O4/c1-22-17-9-14-15(10-18(17)23-2)19-8-7-16(14)24-13-5-3-12(4-6-13)20-11-21/h7-13H,3-6H2,1-2H3,(H,20,21). The molecule has 0 unspecified atom stereocenters. The summed E-state index contributed by atoms with van der Waals surface area (Å²) in [4.78, 5) is 14.9. The first-order valence-corrected chi connectivity index (χ1v) is 8.12. The second-order valence-electron chi connectivity index (χ2n) is 5.91. The van der Waals surface area contributed by atoms with Crippen LogP contribution in [0.15, 0.2) is 24.4 Å². The fourth-order valence-electron chi connectivity index (χ4n) is 3.17. The first-order chi connectivity index (χ1) is 11.7. The van der Waals surface area contributed by atoms with Crippen LogP contribution in [-0.2, 0) is 4.79 Å². The molecule has 6 heteroatoms. The number of carbonyl (C=O) groups excluding carboxylic acids is 1. The zero-order valence-electron chi connectivity index (χ0n) is 14.0. The zero-order valence-corrected chi connectivity index (χ0v) is 14.0. The van der Waals surface area contributed by atoms with Gasteiger partial charge in [0, 0.05) is 23.7 Å². The zero-order chi connectivity index (χ0) is 16.9. The lowest BCUT2D eigenvalue weighted by Gasteiger charge is -2.28. The van der Waals surface area contributed by atoms with Gasteiger partial charge in [-0.1, -0.05) is 0 Å². The number of nitrogens with one attached hydrogen (secondary N) is 1. The Kier molecular flexibility index (Phi) is 5.03. The van der Waals surface area contributed by atoms with E-state index in [-0.39, 0.29) is 12.1 Å². The molecule has 1 aromatic heterocycles. The number of methoxy groups -OCH3 is 2. The van der Waals surface area contributed by atoms with Crippen molar-refractivity contribution in [1.82, 2.24) is 10.3 Å². The van der Waals surface area contributed by atoms with Gasteiger partial charge < -0.3 is 19.5 Å². The van der Waals surface area contributed by atoms with Crippen molar-refractivity contribution in [3.05, 3.63) is 24.4 Å². The minimum absolute atomic E-state index is 0.147.